The zero-order chi connectivity index (χ0) is 12.0. The maximum Gasteiger partial charge on any atom is 0.230 e. The van der Waals surface area contributed by atoms with E-state index in [1.54, 1.807) is 0 Å². The van der Waals surface area contributed by atoms with E-state index in [4.69, 9.17) is 5.11 Å². The van der Waals surface area contributed by atoms with E-state index in [1.807, 2.05) is 0 Å². The van der Waals surface area contributed by atoms with E-state index in [1.165, 1.54) is 24.6 Å². The molecule has 0 aliphatic heterocycles. The first kappa shape index (κ1) is 13.8. The highest BCUT2D eigenvalue weighted by atomic mass is 32.2. The van der Waals surface area contributed by atoms with Gasteiger partial charge in [-0.25, -0.2) is 0 Å². The molecule has 16 heavy (non-hydrogen) atoms. The van der Waals surface area contributed by atoms with E-state index >= 15 is 0 Å². The first-order chi connectivity index (χ1) is 7.65. The Morgan fingerprint density at radius 1 is 1.44 bits per heavy atom. The number of hydrogen-bond acceptors (Lipinski definition) is 3. The summed E-state index contributed by atoms with van der Waals surface area (Å²) in [7, 11) is 0. The first-order valence-electron chi connectivity index (χ1n) is 6.13. The van der Waals surface area contributed by atoms with Crippen molar-refractivity contribution in [2.45, 2.75) is 39.2 Å². The standard InChI is InChI=1S/C12H23NO2S/c1-9-4-3-5-11(10(9)2)13-12(15)8-16-7-6-14/h9-11,14H,3-8H2,1-2H3,(H,13,15). The first-order valence-corrected chi connectivity index (χ1v) is 7.28. The van der Waals surface area contributed by atoms with Gasteiger partial charge in [0.25, 0.3) is 0 Å². The van der Waals surface area contributed by atoms with Crippen molar-refractivity contribution in [2.24, 2.45) is 11.8 Å². The molecule has 2 N–H and O–H groups in total. The Morgan fingerprint density at radius 3 is 2.88 bits per heavy atom. The minimum Gasteiger partial charge on any atom is -0.396 e. The second-order valence-corrected chi connectivity index (χ2v) is 5.82. The molecule has 0 heterocycles. The van der Waals surface area contributed by atoms with Gasteiger partial charge in [0.05, 0.1) is 12.4 Å². The number of hydrogen-bond donors (Lipinski definition) is 2. The summed E-state index contributed by atoms with van der Waals surface area (Å²) in [5.41, 5.74) is 0. The lowest BCUT2D eigenvalue weighted by Gasteiger charge is -2.34. The topological polar surface area (TPSA) is 49.3 Å². The highest BCUT2D eigenvalue weighted by Crippen LogP contribution is 2.29. The fourth-order valence-electron chi connectivity index (χ4n) is 2.26. The maximum atomic E-state index is 11.6. The molecule has 1 rings (SSSR count). The SMILES string of the molecule is CC1CCCC(NC(=O)CSCCO)C1C. The Morgan fingerprint density at radius 2 is 2.19 bits per heavy atom. The summed E-state index contributed by atoms with van der Waals surface area (Å²) in [6.07, 6.45) is 3.62. The molecule has 0 aromatic heterocycles. The van der Waals surface area contributed by atoms with Crippen LogP contribution in [0, 0.1) is 11.8 Å². The second kappa shape index (κ2) is 7.17. The van der Waals surface area contributed by atoms with Crippen molar-refractivity contribution in [2.75, 3.05) is 18.1 Å². The molecule has 0 radical (unpaired) electrons. The van der Waals surface area contributed by atoms with Crippen LogP contribution in [-0.4, -0.2) is 35.2 Å². The number of amides is 1. The third kappa shape index (κ3) is 4.34. The van der Waals surface area contributed by atoms with Gasteiger partial charge in [-0.1, -0.05) is 26.7 Å². The average Bonchev–Trinajstić information content (AvgIpc) is 2.25. The van der Waals surface area contributed by atoms with Crippen LogP contribution in [0.2, 0.25) is 0 Å². The van der Waals surface area contributed by atoms with Gasteiger partial charge >= 0.3 is 0 Å². The summed E-state index contributed by atoms with van der Waals surface area (Å²) in [6, 6.07) is 0.353. The summed E-state index contributed by atoms with van der Waals surface area (Å²) in [5, 5.41) is 11.7. The molecule has 1 aliphatic rings. The summed E-state index contributed by atoms with van der Waals surface area (Å²) < 4.78 is 0. The molecule has 4 heteroatoms. The van der Waals surface area contributed by atoms with Crippen molar-refractivity contribution in [1.82, 2.24) is 5.32 Å². The zero-order valence-corrected chi connectivity index (χ0v) is 11.1. The van der Waals surface area contributed by atoms with E-state index in [-0.39, 0.29) is 12.5 Å². The third-order valence-electron chi connectivity index (χ3n) is 3.52. The van der Waals surface area contributed by atoms with Crippen LogP contribution in [0.5, 0.6) is 0 Å². The van der Waals surface area contributed by atoms with Crippen molar-refractivity contribution < 1.29 is 9.90 Å². The largest absolute Gasteiger partial charge is 0.396 e. The molecule has 94 valence electrons. The van der Waals surface area contributed by atoms with E-state index < -0.39 is 0 Å². The molecule has 1 saturated carbocycles. The summed E-state index contributed by atoms with van der Waals surface area (Å²) in [5.74, 6) is 2.52. The Bertz CT molecular complexity index is 223. The van der Waals surface area contributed by atoms with Gasteiger partial charge in [0.2, 0.25) is 5.91 Å². The zero-order valence-electron chi connectivity index (χ0n) is 10.2. The molecule has 3 nitrogen and oxygen atoms in total. The summed E-state index contributed by atoms with van der Waals surface area (Å²) >= 11 is 1.49. The van der Waals surface area contributed by atoms with Crippen molar-refractivity contribution >= 4 is 17.7 Å². The van der Waals surface area contributed by atoms with Gasteiger partial charge in [-0.15, -0.1) is 11.8 Å². The second-order valence-electron chi connectivity index (χ2n) is 4.72. The fourth-order valence-corrected chi connectivity index (χ4v) is 2.81. The van der Waals surface area contributed by atoms with Gasteiger partial charge in [-0.05, 0) is 18.3 Å². The molecule has 0 saturated heterocycles. The maximum absolute atomic E-state index is 11.6. The smallest absolute Gasteiger partial charge is 0.230 e. The van der Waals surface area contributed by atoms with Crippen molar-refractivity contribution in [3.8, 4) is 0 Å². The predicted octanol–water partition coefficient (Wildman–Crippen LogP) is 1.65. The van der Waals surface area contributed by atoms with Crippen molar-refractivity contribution in [3.63, 3.8) is 0 Å². The predicted molar refractivity (Wildman–Crippen MR) is 68.5 cm³/mol. The van der Waals surface area contributed by atoms with E-state index in [0.717, 1.165) is 6.42 Å². The van der Waals surface area contributed by atoms with Gasteiger partial charge in [0.15, 0.2) is 0 Å². The Labute approximate surface area is 102 Å². The Balaban J connectivity index is 2.26. The van der Waals surface area contributed by atoms with Gasteiger partial charge in [0, 0.05) is 11.8 Å². The lowest BCUT2D eigenvalue weighted by atomic mass is 9.78. The summed E-state index contributed by atoms with van der Waals surface area (Å²) in [6.45, 7) is 4.65. The van der Waals surface area contributed by atoms with Gasteiger partial charge in [0.1, 0.15) is 0 Å². The lowest BCUT2D eigenvalue weighted by Crippen LogP contribution is -2.44. The van der Waals surface area contributed by atoms with E-state index in [9.17, 15) is 4.79 Å². The minimum atomic E-state index is 0.115. The molecule has 0 aromatic rings. The van der Waals surface area contributed by atoms with Crippen molar-refractivity contribution in [3.05, 3.63) is 0 Å². The van der Waals surface area contributed by atoms with Crippen LogP contribution in [0.1, 0.15) is 33.1 Å². The summed E-state index contributed by atoms with van der Waals surface area (Å²) in [4.78, 5) is 11.6. The van der Waals surface area contributed by atoms with Crippen LogP contribution in [0.4, 0.5) is 0 Å². The molecule has 0 bridgehead atoms. The van der Waals surface area contributed by atoms with E-state index in [0.29, 0.717) is 29.4 Å². The highest BCUT2D eigenvalue weighted by Gasteiger charge is 2.27. The molecular weight excluding hydrogens is 222 g/mol. The molecule has 3 atom stereocenters. The van der Waals surface area contributed by atoms with E-state index in [2.05, 4.69) is 19.2 Å². The van der Waals surface area contributed by atoms with Crippen LogP contribution >= 0.6 is 11.8 Å². The number of carbonyl (C=O) groups is 1. The quantitative estimate of drug-likeness (QED) is 0.724. The number of carbonyl (C=O) groups excluding carboxylic acids is 1. The molecule has 3 unspecified atom stereocenters. The number of aliphatic hydroxyl groups excluding tert-OH is 1. The number of nitrogens with one attached hydrogen (secondary N) is 1. The number of rotatable bonds is 5. The Kier molecular flexibility index (Phi) is 6.21. The number of thioether (sulfide) groups is 1. The van der Waals surface area contributed by atoms with Gasteiger partial charge in [-0.3, -0.25) is 4.79 Å². The van der Waals surface area contributed by atoms with Gasteiger partial charge in [-0.2, -0.15) is 0 Å². The third-order valence-corrected chi connectivity index (χ3v) is 4.46. The average molecular weight is 245 g/mol. The van der Waals surface area contributed by atoms with Crippen LogP contribution in [0.15, 0.2) is 0 Å². The molecule has 1 aliphatic carbocycles. The Hall–Kier alpha value is -0.220. The van der Waals surface area contributed by atoms with Gasteiger partial charge < -0.3 is 10.4 Å². The number of aliphatic hydroxyl groups is 1. The van der Waals surface area contributed by atoms with Crippen molar-refractivity contribution in [1.29, 1.82) is 0 Å². The highest BCUT2D eigenvalue weighted by molar-refractivity contribution is 7.99. The monoisotopic (exact) mass is 245 g/mol. The molecule has 1 fully saturated rings. The van der Waals surface area contributed by atoms with Crippen LogP contribution < -0.4 is 5.32 Å². The molecule has 0 spiro atoms. The van der Waals surface area contributed by atoms with Crippen LogP contribution in [-0.2, 0) is 4.79 Å². The minimum absolute atomic E-state index is 0.115. The normalized spacial score (nSPS) is 30.1. The van der Waals surface area contributed by atoms with Crippen LogP contribution in [0.3, 0.4) is 0 Å². The molecule has 1 amide bonds. The molecule has 0 aromatic carbocycles. The van der Waals surface area contributed by atoms with Crippen LogP contribution in [0.25, 0.3) is 0 Å². The lowest BCUT2D eigenvalue weighted by molar-refractivity contribution is -0.119. The fraction of sp³-hybridized carbons (Fsp3) is 0.917. The molecular formula is C12H23NO2S.